The molecule has 0 amide bonds. The van der Waals surface area contributed by atoms with Crippen molar-refractivity contribution in [1.82, 2.24) is 9.97 Å². The van der Waals surface area contributed by atoms with Gasteiger partial charge in [-0.15, -0.1) is 0 Å². The van der Waals surface area contributed by atoms with E-state index < -0.39 is 0 Å². The first-order valence-electron chi connectivity index (χ1n) is 5.34. The summed E-state index contributed by atoms with van der Waals surface area (Å²) in [6, 6.07) is 4.88. The van der Waals surface area contributed by atoms with Crippen LogP contribution in [0.25, 0.3) is 0 Å². The normalized spacial score (nSPS) is 10.1. The van der Waals surface area contributed by atoms with E-state index in [0.29, 0.717) is 27.4 Å². The lowest BCUT2D eigenvalue weighted by atomic mass is 10.3. The molecule has 0 spiro atoms. The van der Waals surface area contributed by atoms with Gasteiger partial charge in [0.15, 0.2) is 5.82 Å². The van der Waals surface area contributed by atoms with Crippen molar-refractivity contribution in [1.29, 1.82) is 0 Å². The molecule has 0 atom stereocenters. The van der Waals surface area contributed by atoms with Gasteiger partial charge in [-0.2, -0.15) is 4.98 Å². The zero-order valence-electron chi connectivity index (χ0n) is 10.3. The minimum Gasteiger partial charge on any atom is -0.489 e. The van der Waals surface area contributed by atoms with Crippen LogP contribution in [0.1, 0.15) is 0 Å². The predicted octanol–water partition coefficient (Wildman–Crippen LogP) is 3.63. The number of nitrogens with one attached hydrogen (secondary N) is 1. The molecule has 1 aromatic heterocycles. The summed E-state index contributed by atoms with van der Waals surface area (Å²) in [4.78, 5) is 8.05. The second kappa shape index (κ2) is 5.95. The van der Waals surface area contributed by atoms with Crippen molar-refractivity contribution in [3.05, 3.63) is 34.6 Å². The maximum absolute atomic E-state index is 5.91. The molecule has 0 bridgehead atoms. The Morgan fingerprint density at radius 2 is 1.79 bits per heavy atom. The molecule has 2 aromatic rings. The lowest BCUT2D eigenvalue weighted by Crippen LogP contribution is -2.00. The van der Waals surface area contributed by atoms with E-state index in [2.05, 4.69) is 15.3 Å². The van der Waals surface area contributed by atoms with Gasteiger partial charge in [-0.3, -0.25) is 0 Å². The highest BCUT2D eigenvalue weighted by molar-refractivity contribution is 6.34. The molecular weight excluding hydrogens is 289 g/mol. The van der Waals surface area contributed by atoms with Crippen molar-refractivity contribution in [2.75, 3.05) is 19.5 Å². The fourth-order valence-electron chi connectivity index (χ4n) is 1.49. The first-order chi connectivity index (χ1) is 9.13. The molecule has 0 radical (unpaired) electrons. The average Bonchev–Trinajstić information content (AvgIpc) is 2.37. The zero-order valence-corrected chi connectivity index (χ0v) is 11.8. The SMILES string of the molecule is CNc1ncnc(Oc2cc(Cl)cc(Cl)c2)c1OC. The van der Waals surface area contributed by atoms with Crippen molar-refractivity contribution in [3.63, 3.8) is 0 Å². The van der Waals surface area contributed by atoms with E-state index in [0.717, 1.165) is 0 Å². The Balaban J connectivity index is 2.37. The van der Waals surface area contributed by atoms with Crippen molar-refractivity contribution in [2.24, 2.45) is 0 Å². The first kappa shape index (κ1) is 13.7. The number of hydrogen-bond acceptors (Lipinski definition) is 5. The second-order valence-electron chi connectivity index (χ2n) is 3.52. The Morgan fingerprint density at radius 1 is 1.11 bits per heavy atom. The fourth-order valence-corrected chi connectivity index (χ4v) is 2.00. The van der Waals surface area contributed by atoms with Gasteiger partial charge in [0.25, 0.3) is 5.88 Å². The maximum Gasteiger partial charge on any atom is 0.268 e. The molecule has 100 valence electrons. The van der Waals surface area contributed by atoms with E-state index in [-0.39, 0.29) is 5.88 Å². The van der Waals surface area contributed by atoms with Gasteiger partial charge in [-0.25, -0.2) is 4.98 Å². The molecule has 1 N–H and O–H groups in total. The molecule has 0 aliphatic rings. The van der Waals surface area contributed by atoms with Crippen LogP contribution in [0.3, 0.4) is 0 Å². The smallest absolute Gasteiger partial charge is 0.268 e. The summed E-state index contributed by atoms with van der Waals surface area (Å²) in [6.07, 6.45) is 1.37. The van der Waals surface area contributed by atoms with Crippen molar-refractivity contribution < 1.29 is 9.47 Å². The Morgan fingerprint density at radius 3 is 2.37 bits per heavy atom. The van der Waals surface area contributed by atoms with Gasteiger partial charge < -0.3 is 14.8 Å². The van der Waals surface area contributed by atoms with Crippen LogP contribution in [0.2, 0.25) is 10.0 Å². The highest BCUT2D eigenvalue weighted by atomic mass is 35.5. The number of methoxy groups -OCH3 is 1. The van der Waals surface area contributed by atoms with Crippen LogP contribution in [-0.2, 0) is 0 Å². The molecule has 0 aliphatic heterocycles. The molecule has 0 saturated carbocycles. The molecule has 0 saturated heterocycles. The Kier molecular flexibility index (Phi) is 4.29. The monoisotopic (exact) mass is 299 g/mol. The lowest BCUT2D eigenvalue weighted by molar-refractivity contribution is 0.369. The van der Waals surface area contributed by atoms with Gasteiger partial charge in [0.1, 0.15) is 12.1 Å². The third kappa shape index (κ3) is 3.19. The number of benzene rings is 1. The molecule has 0 aliphatic carbocycles. The number of aromatic nitrogens is 2. The summed E-state index contributed by atoms with van der Waals surface area (Å²) >= 11 is 11.8. The van der Waals surface area contributed by atoms with Crippen molar-refractivity contribution in [2.45, 2.75) is 0 Å². The van der Waals surface area contributed by atoms with Crippen LogP contribution in [0.15, 0.2) is 24.5 Å². The number of halogens is 2. The number of nitrogens with zero attached hydrogens (tertiary/aromatic N) is 2. The summed E-state index contributed by atoms with van der Waals surface area (Å²) < 4.78 is 10.8. The number of rotatable bonds is 4. The number of anilines is 1. The van der Waals surface area contributed by atoms with Crippen LogP contribution in [0.4, 0.5) is 5.82 Å². The molecule has 19 heavy (non-hydrogen) atoms. The average molecular weight is 300 g/mol. The maximum atomic E-state index is 5.91. The van der Waals surface area contributed by atoms with E-state index in [4.69, 9.17) is 32.7 Å². The van der Waals surface area contributed by atoms with Crippen LogP contribution in [0.5, 0.6) is 17.4 Å². The van der Waals surface area contributed by atoms with Crippen molar-refractivity contribution in [3.8, 4) is 17.4 Å². The van der Waals surface area contributed by atoms with E-state index in [1.807, 2.05) is 0 Å². The summed E-state index contributed by atoms with van der Waals surface area (Å²) in [5, 5.41) is 3.84. The summed E-state index contributed by atoms with van der Waals surface area (Å²) in [6.45, 7) is 0. The Hall–Kier alpha value is -1.72. The standard InChI is InChI=1S/C12H11Cl2N3O2/c1-15-11-10(18-2)12(17-6-16-11)19-9-4-7(13)3-8(14)5-9/h3-6H,1-2H3,(H,15,16,17). The number of ether oxygens (including phenoxy) is 2. The quantitative estimate of drug-likeness (QED) is 0.934. The molecule has 2 rings (SSSR count). The topological polar surface area (TPSA) is 56.3 Å². The van der Waals surface area contributed by atoms with Gasteiger partial charge >= 0.3 is 0 Å². The highest BCUT2D eigenvalue weighted by Gasteiger charge is 2.13. The highest BCUT2D eigenvalue weighted by Crippen LogP contribution is 2.35. The molecule has 1 heterocycles. The van der Waals surface area contributed by atoms with Gasteiger partial charge in [0, 0.05) is 17.1 Å². The van der Waals surface area contributed by atoms with Crippen LogP contribution in [-0.4, -0.2) is 24.1 Å². The van der Waals surface area contributed by atoms with Gasteiger partial charge in [-0.1, -0.05) is 23.2 Å². The predicted molar refractivity (Wildman–Crippen MR) is 74.7 cm³/mol. The zero-order chi connectivity index (χ0) is 13.8. The summed E-state index contributed by atoms with van der Waals surface area (Å²) in [5.74, 6) is 1.68. The van der Waals surface area contributed by atoms with Gasteiger partial charge in [0.05, 0.1) is 7.11 Å². The second-order valence-corrected chi connectivity index (χ2v) is 4.39. The first-order valence-corrected chi connectivity index (χ1v) is 6.10. The Bertz CT molecular complexity index is 573. The molecule has 7 heteroatoms. The van der Waals surface area contributed by atoms with E-state index in [1.165, 1.54) is 13.4 Å². The molecule has 1 aromatic carbocycles. The lowest BCUT2D eigenvalue weighted by Gasteiger charge is -2.12. The Labute approximate surface area is 120 Å². The molecule has 5 nitrogen and oxygen atoms in total. The van der Waals surface area contributed by atoms with Crippen LogP contribution in [0, 0.1) is 0 Å². The van der Waals surface area contributed by atoms with E-state index >= 15 is 0 Å². The fraction of sp³-hybridized carbons (Fsp3) is 0.167. The van der Waals surface area contributed by atoms with Crippen LogP contribution < -0.4 is 14.8 Å². The molecular formula is C12H11Cl2N3O2. The van der Waals surface area contributed by atoms with Gasteiger partial charge in [-0.05, 0) is 18.2 Å². The summed E-state index contributed by atoms with van der Waals surface area (Å²) in [5.41, 5.74) is 0. The van der Waals surface area contributed by atoms with Crippen LogP contribution >= 0.6 is 23.2 Å². The molecule has 0 fully saturated rings. The third-order valence-electron chi connectivity index (χ3n) is 2.26. The molecule has 0 unspecified atom stereocenters. The third-order valence-corrected chi connectivity index (χ3v) is 2.70. The van der Waals surface area contributed by atoms with E-state index in [9.17, 15) is 0 Å². The number of hydrogen-bond donors (Lipinski definition) is 1. The minimum atomic E-state index is 0.278. The van der Waals surface area contributed by atoms with Crippen molar-refractivity contribution >= 4 is 29.0 Å². The largest absolute Gasteiger partial charge is 0.489 e. The van der Waals surface area contributed by atoms with E-state index in [1.54, 1.807) is 25.2 Å². The summed E-state index contributed by atoms with van der Waals surface area (Å²) in [7, 11) is 3.24. The minimum absolute atomic E-state index is 0.278. The van der Waals surface area contributed by atoms with Gasteiger partial charge in [0.2, 0.25) is 5.75 Å².